The third kappa shape index (κ3) is 5.37. The van der Waals surface area contributed by atoms with E-state index in [4.69, 9.17) is 21.1 Å². The first kappa shape index (κ1) is 18.1. The summed E-state index contributed by atoms with van der Waals surface area (Å²) in [6.45, 7) is 7.43. The zero-order valence-corrected chi connectivity index (χ0v) is 14.5. The lowest BCUT2D eigenvalue weighted by atomic mass is 10.3. The van der Waals surface area contributed by atoms with Gasteiger partial charge in [-0.3, -0.25) is 0 Å². The predicted octanol–water partition coefficient (Wildman–Crippen LogP) is 3.57. The third-order valence-corrected chi connectivity index (χ3v) is 5.26. The molecule has 0 saturated carbocycles. The number of carbonyl (C=O) groups excluding carboxylic acids is 1. The van der Waals surface area contributed by atoms with E-state index in [1.807, 2.05) is 20.8 Å². The van der Waals surface area contributed by atoms with Gasteiger partial charge in [-0.05, 0) is 39.3 Å². The van der Waals surface area contributed by atoms with Gasteiger partial charge in [0.1, 0.15) is 13.6 Å². The van der Waals surface area contributed by atoms with Crippen LogP contribution in [0.2, 0.25) is 0 Å². The first-order chi connectivity index (χ1) is 9.86. The van der Waals surface area contributed by atoms with Gasteiger partial charge in [0.2, 0.25) is 0 Å². The summed E-state index contributed by atoms with van der Waals surface area (Å²) in [7, 11) is -2.56. The van der Waals surface area contributed by atoms with Gasteiger partial charge in [0.25, 0.3) is 0 Å². The van der Waals surface area contributed by atoms with Crippen molar-refractivity contribution in [3.63, 3.8) is 0 Å². The van der Waals surface area contributed by atoms with E-state index in [9.17, 15) is 9.36 Å². The van der Waals surface area contributed by atoms with E-state index in [-0.39, 0.29) is 12.2 Å². The lowest BCUT2D eigenvalue weighted by Gasteiger charge is -2.17. The number of hydrogen-bond acceptors (Lipinski definition) is 4. The maximum absolute atomic E-state index is 12.5. The fraction of sp³-hybridized carbons (Fsp3) is 0.533. The lowest BCUT2D eigenvalue weighted by molar-refractivity contribution is -0.146. The molecule has 0 heterocycles. The van der Waals surface area contributed by atoms with Gasteiger partial charge in [-0.1, -0.05) is 19.1 Å². The molecule has 1 aromatic carbocycles. The molecule has 0 N–H and O–H groups in total. The standard InChI is InChI=1S/C15H22ClO4P/c1-5-11(4)20-15(17)14(16)21(18)13-9-7-6-8-12(13)19-10(2)3/h6-11,14,21H,5H2,1-4H3. The Kier molecular flexibility index (Phi) is 7.27. The number of rotatable bonds is 7. The van der Waals surface area contributed by atoms with Crippen LogP contribution >= 0.6 is 19.4 Å². The molecule has 0 aliphatic carbocycles. The molecular weight excluding hydrogens is 311 g/mol. The van der Waals surface area contributed by atoms with Crippen molar-refractivity contribution in [2.75, 3.05) is 0 Å². The largest absolute Gasteiger partial charge is 0.490 e. The van der Waals surface area contributed by atoms with E-state index in [0.29, 0.717) is 17.5 Å². The molecule has 0 fully saturated rings. The molecule has 0 aliphatic rings. The Balaban J connectivity index is 2.90. The van der Waals surface area contributed by atoms with Crippen LogP contribution in [0.4, 0.5) is 0 Å². The van der Waals surface area contributed by atoms with Gasteiger partial charge in [-0.2, -0.15) is 0 Å². The zero-order chi connectivity index (χ0) is 16.0. The second-order valence-electron chi connectivity index (χ2n) is 5.05. The Hall–Kier alpha value is -0.990. The highest BCUT2D eigenvalue weighted by atomic mass is 35.5. The first-order valence-corrected chi connectivity index (χ1v) is 8.93. The second kappa shape index (κ2) is 8.45. The fourth-order valence-electron chi connectivity index (χ4n) is 1.61. The number of ether oxygens (including phenoxy) is 2. The molecular formula is C15H22ClO4P. The summed E-state index contributed by atoms with van der Waals surface area (Å²) >= 11 is 6.03. The molecule has 0 amide bonds. The Labute approximate surface area is 131 Å². The van der Waals surface area contributed by atoms with Crippen molar-refractivity contribution < 1.29 is 18.8 Å². The quantitative estimate of drug-likeness (QED) is 0.435. The molecule has 1 rings (SSSR count). The Morgan fingerprint density at radius 3 is 2.48 bits per heavy atom. The van der Waals surface area contributed by atoms with Crippen LogP contribution in [0.3, 0.4) is 0 Å². The molecule has 3 atom stereocenters. The summed E-state index contributed by atoms with van der Waals surface area (Å²) in [5, 5.41) is -0.710. The van der Waals surface area contributed by atoms with Crippen LogP contribution in [0.5, 0.6) is 5.75 Å². The molecule has 6 heteroatoms. The highest BCUT2D eigenvalue weighted by molar-refractivity contribution is 7.57. The van der Waals surface area contributed by atoms with Crippen molar-refractivity contribution in [2.24, 2.45) is 0 Å². The number of esters is 1. The number of alkyl halides is 1. The van der Waals surface area contributed by atoms with Crippen LogP contribution in [-0.2, 0) is 14.1 Å². The van der Waals surface area contributed by atoms with Crippen LogP contribution in [0, 0.1) is 0 Å². The normalized spacial score (nSPS) is 15.3. The van der Waals surface area contributed by atoms with E-state index in [1.54, 1.807) is 31.2 Å². The van der Waals surface area contributed by atoms with Crippen LogP contribution in [0.15, 0.2) is 24.3 Å². The molecule has 0 aliphatic heterocycles. The molecule has 1 aromatic rings. The molecule has 4 nitrogen and oxygen atoms in total. The van der Waals surface area contributed by atoms with E-state index < -0.39 is 18.9 Å². The summed E-state index contributed by atoms with van der Waals surface area (Å²) in [5.74, 6) is -0.146. The van der Waals surface area contributed by atoms with E-state index in [2.05, 4.69) is 0 Å². The highest BCUT2D eigenvalue weighted by Gasteiger charge is 2.28. The van der Waals surface area contributed by atoms with Gasteiger partial charge in [0.05, 0.1) is 17.5 Å². The minimum Gasteiger partial charge on any atom is -0.490 e. The fourth-order valence-corrected chi connectivity index (χ4v) is 3.22. The molecule has 118 valence electrons. The molecule has 3 unspecified atom stereocenters. The Bertz CT molecular complexity index is 504. The van der Waals surface area contributed by atoms with E-state index >= 15 is 0 Å². The van der Waals surface area contributed by atoms with Crippen molar-refractivity contribution >= 4 is 30.7 Å². The van der Waals surface area contributed by atoms with Crippen molar-refractivity contribution in [2.45, 2.75) is 51.4 Å². The first-order valence-electron chi connectivity index (χ1n) is 7.01. The van der Waals surface area contributed by atoms with E-state index in [1.165, 1.54) is 0 Å². The smallest absolute Gasteiger partial charge is 0.332 e. The Morgan fingerprint density at radius 2 is 1.90 bits per heavy atom. The summed E-state index contributed by atoms with van der Waals surface area (Å²) < 4.78 is 23.3. The van der Waals surface area contributed by atoms with Crippen LogP contribution < -0.4 is 10.0 Å². The second-order valence-corrected chi connectivity index (χ2v) is 7.69. The molecule has 0 bridgehead atoms. The number of halogens is 1. The van der Waals surface area contributed by atoms with Crippen molar-refractivity contribution in [1.29, 1.82) is 0 Å². The average molecular weight is 333 g/mol. The van der Waals surface area contributed by atoms with E-state index in [0.717, 1.165) is 0 Å². The molecule has 0 saturated heterocycles. The molecule has 21 heavy (non-hydrogen) atoms. The molecule has 0 radical (unpaired) electrons. The summed E-state index contributed by atoms with van der Waals surface area (Å²) in [5.41, 5.74) is 0. The minimum atomic E-state index is -2.56. The van der Waals surface area contributed by atoms with Crippen LogP contribution in [0.25, 0.3) is 0 Å². The minimum absolute atomic E-state index is 0.0539. The highest BCUT2D eigenvalue weighted by Crippen LogP contribution is 2.35. The number of hydrogen-bond donors (Lipinski definition) is 0. The maximum atomic E-state index is 12.5. The Morgan fingerprint density at radius 1 is 1.29 bits per heavy atom. The van der Waals surface area contributed by atoms with Crippen LogP contribution in [-0.4, -0.2) is 23.3 Å². The summed E-state index contributed by atoms with van der Waals surface area (Å²) in [6, 6.07) is 6.93. The molecule has 0 aromatic heterocycles. The number of carbonyl (C=O) groups is 1. The SMILES string of the molecule is CCC(C)OC(=O)C(Cl)[PH](=O)c1ccccc1OC(C)C. The van der Waals surface area contributed by atoms with Crippen molar-refractivity contribution in [3.05, 3.63) is 24.3 Å². The maximum Gasteiger partial charge on any atom is 0.332 e. The van der Waals surface area contributed by atoms with Gasteiger partial charge in [0.15, 0.2) is 5.12 Å². The average Bonchev–Trinajstić information content (AvgIpc) is 2.45. The van der Waals surface area contributed by atoms with Gasteiger partial charge >= 0.3 is 5.97 Å². The van der Waals surface area contributed by atoms with Gasteiger partial charge in [-0.15, -0.1) is 11.6 Å². The van der Waals surface area contributed by atoms with Gasteiger partial charge < -0.3 is 14.0 Å². The van der Waals surface area contributed by atoms with Gasteiger partial charge in [0, 0.05) is 0 Å². The molecule has 0 spiro atoms. The predicted molar refractivity (Wildman–Crippen MR) is 86.3 cm³/mol. The monoisotopic (exact) mass is 332 g/mol. The van der Waals surface area contributed by atoms with Crippen molar-refractivity contribution in [1.82, 2.24) is 0 Å². The van der Waals surface area contributed by atoms with Crippen LogP contribution in [0.1, 0.15) is 34.1 Å². The zero-order valence-electron chi connectivity index (χ0n) is 12.8. The summed E-state index contributed by atoms with van der Waals surface area (Å²) in [6.07, 6.45) is 0.390. The lowest BCUT2D eigenvalue weighted by Crippen LogP contribution is -2.23. The number of benzene rings is 1. The topological polar surface area (TPSA) is 52.6 Å². The number of para-hydroxylation sites is 1. The summed E-state index contributed by atoms with van der Waals surface area (Å²) in [4.78, 5) is 11.9. The van der Waals surface area contributed by atoms with Crippen molar-refractivity contribution in [3.8, 4) is 5.75 Å². The van der Waals surface area contributed by atoms with Gasteiger partial charge in [-0.25, -0.2) is 4.79 Å². The third-order valence-electron chi connectivity index (χ3n) is 2.84.